The van der Waals surface area contributed by atoms with Crippen LogP contribution in [0, 0.1) is 5.82 Å². The number of benzene rings is 1. The summed E-state index contributed by atoms with van der Waals surface area (Å²) in [5, 5.41) is 1.53. The molecule has 8 heteroatoms. The van der Waals surface area contributed by atoms with Gasteiger partial charge in [-0.25, -0.2) is 9.18 Å². The van der Waals surface area contributed by atoms with Crippen LogP contribution in [0.1, 0.15) is 10.4 Å². The number of esters is 1. The van der Waals surface area contributed by atoms with Crippen LogP contribution in [0.3, 0.4) is 0 Å². The molecule has 1 N–H and O–H groups in total. The van der Waals surface area contributed by atoms with E-state index in [-0.39, 0.29) is 5.56 Å². The van der Waals surface area contributed by atoms with E-state index in [1.54, 1.807) is 0 Å². The summed E-state index contributed by atoms with van der Waals surface area (Å²) < 4.78 is 52.5. The van der Waals surface area contributed by atoms with Gasteiger partial charge >= 0.3 is 12.1 Å². The quantitative estimate of drug-likeness (QED) is 0.673. The first-order chi connectivity index (χ1) is 8.78. The molecule has 104 valence electrons. The SMILES string of the molecule is O=C(COC(=O)c1cccc(F)c1)NCC(F)(F)F. The standard InChI is InChI=1S/C11H9F4NO3/c12-8-3-1-2-7(4-8)10(18)19-5-9(17)16-6-11(13,14)15/h1-4H,5-6H2,(H,16,17). The zero-order valence-electron chi connectivity index (χ0n) is 9.46. The van der Waals surface area contributed by atoms with Crippen molar-refractivity contribution >= 4 is 11.9 Å². The highest BCUT2D eigenvalue weighted by atomic mass is 19.4. The molecule has 1 aromatic rings. The number of alkyl halides is 3. The average molecular weight is 279 g/mol. The first-order valence-corrected chi connectivity index (χ1v) is 5.04. The number of ether oxygens (including phenoxy) is 1. The average Bonchev–Trinajstić information content (AvgIpc) is 2.32. The summed E-state index contributed by atoms with van der Waals surface area (Å²) in [5.41, 5.74) is -0.136. The van der Waals surface area contributed by atoms with E-state index in [9.17, 15) is 27.2 Å². The number of nitrogens with one attached hydrogen (secondary N) is 1. The number of carbonyl (C=O) groups excluding carboxylic acids is 2. The fraction of sp³-hybridized carbons (Fsp3) is 0.273. The van der Waals surface area contributed by atoms with Gasteiger partial charge in [-0.05, 0) is 18.2 Å². The monoisotopic (exact) mass is 279 g/mol. The van der Waals surface area contributed by atoms with Crippen LogP contribution in [-0.4, -0.2) is 31.2 Å². The number of carbonyl (C=O) groups is 2. The predicted molar refractivity (Wildman–Crippen MR) is 55.7 cm³/mol. The van der Waals surface area contributed by atoms with Crippen molar-refractivity contribution in [3.8, 4) is 0 Å². The third-order valence-electron chi connectivity index (χ3n) is 1.88. The zero-order valence-corrected chi connectivity index (χ0v) is 9.46. The van der Waals surface area contributed by atoms with Crippen molar-refractivity contribution in [1.29, 1.82) is 0 Å². The highest BCUT2D eigenvalue weighted by Crippen LogP contribution is 2.12. The van der Waals surface area contributed by atoms with E-state index in [0.29, 0.717) is 0 Å². The van der Waals surface area contributed by atoms with E-state index >= 15 is 0 Å². The third kappa shape index (κ3) is 5.84. The summed E-state index contributed by atoms with van der Waals surface area (Å²) in [6.45, 7) is -2.38. The lowest BCUT2D eigenvalue weighted by Crippen LogP contribution is -2.36. The van der Waals surface area contributed by atoms with Crippen LogP contribution in [-0.2, 0) is 9.53 Å². The molecule has 0 fully saturated rings. The maximum absolute atomic E-state index is 12.8. The molecule has 0 radical (unpaired) electrons. The number of rotatable bonds is 4. The lowest BCUT2D eigenvalue weighted by atomic mass is 10.2. The molecule has 0 saturated heterocycles. The number of amides is 1. The van der Waals surface area contributed by atoms with Gasteiger partial charge in [0.15, 0.2) is 6.61 Å². The van der Waals surface area contributed by atoms with Crippen LogP contribution < -0.4 is 5.32 Å². The fourth-order valence-corrected chi connectivity index (χ4v) is 1.08. The van der Waals surface area contributed by atoms with E-state index in [1.165, 1.54) is 17.4 Å². The minimum absolute atomic E-state index is 0.136. The molecule has 0 bridgehead atoms. The van der Waals surface area contributed by atoms with Crippen molar-refractivity contribution in [2.75, 3.05) is 13.2 Å². The molecule has 0 aromatic heterocycles. The normalized spacial score (nSPS) is 10.9. The van der Waals surface area contributed by atoms with Crippen LogP contribution in [0.25, 0.3) is 0 Å². The van der Waals surface area contributed by atoms with Gasteiger partial charge < -0.3 is 10.1 Å². The molecule has 1 aromatic carbocycles. The first kappa shape index (κ1) is 14.9. The Morgan fingerprint density at radius 3 is 2.53 bits per heavy atom. The topological polar surface area (TPSA) is 55.4 Å². The molecular formula is C11H9F4NO3. The molecule has 1 amide bonds. The van der Waals surface area contributed by atoms with Gasteiger partial charge in [0.25, 0.3) is 5.91 Å². The Morgan fingerprint density at radius 2 is 1.95 bits per heavy atom. The molecule has 0 aliphatic heterocycles. The second kappa shape index (κ2) is 6.17. The first-order valence-electron chi connectivity index (χ1n) is 5.04. The van der Waals surface area contributed by atoms with Gasteiger partial charge in [0, 0.05) is 0 Å². The molecule has 19 heavy (non-hydrogen) atoms. The van der Waals surface area contributed by atoms with Crippen molar-refractivity contribution in [2.45, 2.75) is 6.18 Å². The maximum atomic E-state index is 12.8. The van der Waals surface area contributed by atoms with Crippen LogP contribution in [0.2, 0.25) is 0 Å². The summed E-state index contributed by atoms with van der Waals surface area (Å²) >= 11 is 0. The molecular weight excluding hydrogens is 270 g/mol. The van der Waals surface area contributed by atoms with E-state index in [4.69, 9.17) is 0 Å². The minimum Gasteiger partial charge on any atom is -0.452 e. The van der Waals surface area contributed by atoms with Gasteiger partial charge in [0.1, 0.15) is 12.4 Å². The van der Waals surface area contributed by atoms with Crippen molar-refractivity contribution < 1.29 is 31.9 Å². The van der Waals surface area contributed by atoms with Gasteiger partial charge in [0.05, 0.1) is 5.56 Å². The molecule has 4 nitrogen and oxygen atoms in total. The Labute approximate surface area is 105 Å². The third-order valence-corrected chi connectivity index (χ3v) is 1.88. The molecule has 0 aliphatic rings. The van der Waals surface area contributed by atoms with Crippen molar-refractivity contribution in [1.82, 2.24) is 5.32 Å². The molecule has 0 saturated carbocycles. The molecule has 0 atom stereocenters. The predicted octanol–water partition coefficient (Wildman–Crippen LogP) is 1.66. The molecule has 1 rings (SSSR count). The molecule has 0 aliphatic carbocycles. The van der Waals surface area contributed by atoms with E-state index in [1.807, 2.05) is 0 Å². The fourth-order valence-electron chi connectivity index (χ4n) is 1.08. The van der Waals surface area contributed by atoms with Crippen LogP contribution in [0.4, 0.5) is 17.6 Å². The summed E-state index contributed by atoms with van der Waals surface area (Å²) in [6, 6.07) is 4.50. The summed E-state index contributed by atoms with van der Waals surface area (Å²) in [4.78, 5) is 22.2. The Bertz CT molecular complexity index is 473. The second-order valence-corrected chi connectivity index (χ2v) is 3.48. The Balaban J connectivity index is 2.40. The van der Waals surface area contributed by atoms with E-state index in [0.717, 1.165) is 12.1 Å². The second-order valence-electron chi connectivity index (χ2n) is 3.48. The largest absolute Gasteiger partial charge is 0.452 e. The van der Waals surface area contributed by atoms with Gasteiger partial charge in [-0.1, -0.05) is 6.07 Å². The summed E-state index contributed by atoms with van der Waals surface area (Å²) in [5.74, 6) is -2.76. The Hall–Kier alpha value is -2.12. The Morgan fingerprint density at radius 1 is 1.26 bits per heavy atom. The van der Waals surface area contributed by atoms with Gasteiger partial charge in [-0.3, -0.25) is 4.79 Å². The van der Waals surface area contributed by atoms with Gasteiger partial charge in [-0.2, -0.15) is 13.2 Å². The molecule has 0 heterocycles. The van der Waals surface area contributed by atoms with Crippen molar-refractivity contribution in [2.24, 2.45) is 0 Å². The lowest BCUT2D eigenvalue weighted by molar-refractivity contribution is -0.140. The molecule has 0 spiro atoms. The smallest absolute Gasteiger partial charge is 0.405 e. The summed E-state index contributed by atoms with van der Waals surface area (Å²) in [6.07, 6.45) is -4.54. The highest BCUT2D eigenvalue weighted by molar-refractivity contribution is 5.91. The minimum atomic E-state index is -4.54. The van der Waals surface area contributed by atoms with Crippen LogP contribution in [0.15, 0.2) is 24.3 Å². The van der Waals surface area contributed by atoms with E-state index < -0.39 is 37.0 Å². The number of hydrogen-bond donors (Lipinski definition) is 1. The molecule has 0 unspecified atom stereocenters. The van der Waals surface area contributed by atoms with Gasteiger partial charge in [0.2, 0.25) is 0 Å². The number of hydrogen-bond acceptors (Lipinski definition) is 3. The van der Waals surface area contributed by atoms with Gasteiger partial charge in [-0.15, -0.1) is 0 Å². The van der Waals surface area contributed by atoms with Crippen LogP contribution >= 0.6 is 0 Å². The van der Waals surface area contributed by atoms with Crippen LogP contribution in [0.5, 0.6) is 0 Å². The summed E-state index contributed by atoms with van der Waals surface area (Å²) in [7, 11) is 0. The lowest BCUT2D eigenvalue weighted by Gasteiger charge is -2.08. The number of halogens is 4. The maximum Gasteiger partial charge on any atom is 0.405 e. The van der Waals surface area contributed by atoms with E-state index in [2.05, 4.69) is 4.74 Å². The Kier molecular flexibility index (Phi) is 4.85. The zero-order chi connectivity index (χ0) is 14.5. The van der Waals surface area contributed by atoms with Crippen molar-refractivity contribution in [3.05, 3.63) is 35.6 Å². The highest BCUT2D eigenvalue weighted by Gasteiger charge is 2.27. The van der Waals surface area contributed by atoms with Crippen molar-refractivity contribution in [3.63, 3.8) is 0 Å².